The summed E-state index contributed by atoms with van der Waals surface area (Å²) >= 11 is 0. The van der Waals surface area contributed by atoms with Crippen molar-refractivity contribution < 1.29 is 4.74 Å². The first-order valence-electron chi connectivity index (χ1n) is 7.49. The van der Waals surface area contributed by atoms with Crippen LogP contribution in [0.5, 0.6) is 0 Å². The van der Waals surface area contributed by atoms with Crippen LogP contribution in [0.25, 0.3) is 0 Å². The van der Waals surface area contributed by atoms with Crippen molar-refractivity contribution in [3.63, 3.8) is 0 Å². The zero-order valence-electron chi connectivity index (χ0n) is 12.0. The molecule has 3 heteroatoms. The lowest BCUT2D eigenvalue weighted by Gasteiger charge is -2.26. The molecule has 0 saturated carbocycles. The number of nitrogens with two attached hydrogens (primary N) is 1. The van der Waals surface area contributed by atoms with E-state index in [0.29, 0.717) is 12.6 Å². The van der Waals surface area contributed by atoms with Gasteiger partial charge in [-0.2, -0.15) is 0 Å². The van der Waals surface area contributed by atoms with Gasteiger partial charge in [-0.3, -0.25) is 0 Å². The van der Waals surface area contributed by atoms with Crippen molar-refractivity contribution >= 4 is 5.69 Å². The molecule has 2 rings (SSSR count). The van der Waals surface area contributed by atoms with Gasteiger partial charge in [0.05, 0.1) is 6.10 Å². The molecule has 0 amide bonds. The van der Waals surface area contributed by atoms with Gasteiger partial charge in [0.15, 0.2) is 0 Å². The normalized spacial score (nSPS) is 18.7. The van der Waals surface area contributed by atoms with E-state index < -0.39 is 0 Å². The highest BCUT2D eigenvalue weighted by Gasteiger charge is 2.16. The number of hydrogen-bond acceptors (Lipinski definition) is 3. The Hall–Kier alpha value is -1.06. The number of anilines is 1. The van der Waals surface area contributed by atoms with Crippen LogP contribution in [0, 0.1) is 0 Å². The summed E-state index contributed by atoms with van der Waals surface area (Å²) < 4.78 is 5.71. The van der Waals surface area contributed by atoms with Crippen LogP contribution in [-0.2, 0) is 11.3 Å². The van der Waals surface area contributed by atoms with E-state index in [1.807, 2.05) is 0 Å². The summed E-state index contributed by atoms with van der Waals surface area (Å²) in [6, 6.07) is 8.63. The summed E-state index contributed by atoms with van der Waals surface area (Å²) in [4.78, 5) is 2.46. The Bertz CT molecular complexity index is 358. The van der Waals surface area contributed by atoms with Gasteiger partial charge < -0.3 is 15.4 Å². The van der Waals surface area contributed by atoms with Crippen LogP contribution in [0.15, 0.2) is 24.3 Å². The van der Waals surface area contributed by atoms with Gasteiger partial charge in [0.2, 0.25) is 0 Å². The maximum absolute atomic E-state index is 5.71. The lowest BCUT2D eigenvalue weighted by molar-refractivity contribution is 0.105. The van der Waals surface area contributed by atoms with Gasteiger partial charge in [-0.05, 0) is 43.4 Å². The van der Waals surface area contributed by atoms with Crippen LogP contribution >= 0.6 is 0 Å². The predicted octanol–water partition coefficient (Wildman–Crippen LogP) is 2.93. The maximum Gasteiger partial charge on any atom is 0.0592 e. The molecular weight excluding hydrogens is 236 g/mol. The Morgan fingerprint density at radius 1 is 1.26 bits per heavy atom. The van der Waals surface area contributed by atoms with Gasteiger partial charge >= 0.3 is 0 Å². The molecule has 1 heterocycles. The zero-order valence-corrected chi connectivity index (χ0v) is 12.0. The Balaban J connectivity index is 1.92. The first kappa shape index (κ1) is 14.4. The Labute approximate surface area is 116 Å². The van der Waals surface area contributed by atoms with E-state index in [1.54, 1.807) is 0 Å². The number of rotatable bonds is 7. The molecule has 1 aromatic carbocycles. The molecule has 0 bridgehead atoms. The van der Waals surface area contributed by atoms with Crippen LogP contribution in [-0.4, -0.2) is 25.8 Å². The third-order valence-corrected chi connectivity index (χ3v) is 3.78. The molecular formula is C16H26N2O. The Kier molecular flexibility index (Phi) is 5.67. The molecule has 3 nitrogen and oxygen atoms in total. The van der Waals surface area contributed by atoms with Crippen molar-refractivity contribution in [1.82, 2.24) is 0 Å². The number of hydrogen-bond donors (Lipinski definition) is 1. The Morgan fingerprint density at radius 3 is 2.63 bits per heavy atom. The SMILES string of the molecule is CCCN(CCC1CCCO1)c1ccc(CN)cc1. The smallest absolute Gasteiger partial charge is 0.0592 e. The lowest BCUT2D eigenvalue weighted by Crippen LogP contribution is -2.28. The fraction of sp³-hybridized carbons (Fsp3) is 0.625. The molecule has 2 N–H and O–H groups in total. The van der Waals surface area contributed by atoms with Gasteiger partial charge in [-0.15, -0.1) is 0 Å². The minimum atomic E-state index is 0.475. The van der Waals surface area contributed by atoms with E-state index in [4.69, 9.17) is 10.5 Å². The van der Waals surface area contributed by atoms with E-state index in [-0.39, 0.29) is 0 Å². The molecule has 1 aromatic rings. The molecule has 1 atom stereocenters. The first-order valence-corrected chi connectivity index (χ1v) is 7.49. The van der Waals surface area contributed by atoms with Crippen molar-refractivity contribution in [3.05, 3.63) is 29.8 Å². The molecule has 0 aromatic heterocycles. The summed E-state index contributed by atoms with van der Waals surface area (Å²) in [5.74, 6) is 0. The third-order valence-electron chi connectivity index (χ3n) is 3.78. The van der Waals surface area contributed by atoms with E-state index in [1.165, 1.54) is 30.5 Å². The number of benzene rings is 1. The van der Waals surface area contributed by atoms with Gasteiger partial charge in [0.1, 0.15) is 0 Å². The monoisotopic (exact) mass is 262 g/mol. The third kappa shape index (κ3) is 4.22. The van der Waals surface area contributed by atoms with Crippen LogP contribution in [0.2, 0.25) is 0 Å². The van der Waals surface area contributed by atoms with Crippen molar-refractivity contribution in [1.29, 1.82) is 0 Å². The predicted molar refractivity (Wildman–Crippen MR) is 80.4 cm³/mol. The van der Waals surface area contributed by atoms with Gasteiger partial charge in [-0.25, -0.2) is 0 Å². The molecule has 0 spiro atoms. The summed E-state index contributed by atoms with van der Waals surface area (Å²) in [5, 5.41) is 0. The molecule has 1 aliphatic rings. The molecule has 1 unspecified atom stereocenters. The summed E-state index contributed by atoms with van der Waals surface area (Å²) in [6.07, 6.45) is 5.24. The average Bonchev–Trinajstić information content (AvgIpc) is 2.97. The van der Waals surface area contributed by atoms with Gasteiger partial charge in [0.25, 0.3) is 0 Å². The van der Waals surface area contributed by atoms with Crippen LogP contribution < -0.4 is 10.6 Å². The van der Waals surface area contributed by atoms with E-state index in [0.717, 1.165) is 26.1 Å². The highest BCUT2D eigenvalue weighted by molar-refractivity contribution is 5.47. The van der Waals surface area contributed by atoms with Crippen LogP contribution in [0.4, 0.5) is 5.69 Å². The Morgan fingerprint density at radius 2 is 2.05 bits per heavy atom. The second-order valence-electron chi connectivity index (χ2n) is 5.28. The summed E-state index contributed by atoms with van der Waals surface area (Å²) in [5.41, 5.74) is 8.14. The van der Waals surface area contributed by atoms with Crippen LogP contribution in [0.3, 0.4) is 0 Å². The highest BCUT2D eigenvalue weighted by atomic mass is 16.5. The standard InChI is InChI=1S/C16H26N2O/c1-2-10-18(11-9-16-4-3-12-19-16)15-7-5-14(13-17)6-8-15/h5-8,16H,2-4,9-13,17H2,1H3. The first-order chi connectivity index (χ1) is 9.33. The number of nitrogens with zero attached hydrogens (tertiary/aromatic N) is 1. The fourth-order valence-electron chi connectivity index (χ4n) is 2.65. The lowest BCUT2D eigenvalue weighted by atomic mass is 10.1. The molecule has 0 radical (unpaired) electrons. The van der Waals surface area contributed by atoms with Crippen molar-refractivity contribution in [2.75, 3.05) is 24.6 Å². The largest absolute Gasteiger partial charge is 0.378 e. The summed E-state index contributed by atoms with van der Waals surface area (Å²) in [7, 11) is 0. The molecule has 1 saturated heterocycles. The molecule has 0 aliphatic carbocycles. The molecule has 1 aliphatic heterocycles. The zero-order chi connectivity index (χ0) is 13.5. The van der Waals surface area contributed by atoms with E-state index >= 15 is 0 Å². The molecule has 106 valence electrons. The fourth-order valence-corrected chi connectivity index (χ4v) is 2.65. The van der Waals surface area contributed by atoms with Crippen molar-refractivity contribution in [2.45, 2.75) is 45.3 Å². The average molecular weight is 262 g/mol. The minimum Gasteiger partial charge on any atom is -0.378 e. The second kappa shape index (κ2) is 7.51. The van der Waals surface area contributed by atoms with Crippen LogP contribution in [0.1, 0.15) is 38.2 Å². The van der Waals surface area contributed by atoms with Gasteiger partial charge in [-0.1, -0.05) is 19.1 Å². The number of ether oxygens (including phenoxy) is 1. The topological polar surface area (TPSA) is 38.5 Å². The van der Waals surface area contributed by atoms with Crippen molar-refractivity contribution in [2.24, 2.45) is 5.73 Å². The van der Waals surface area contributed by atoms with E-state index in [9.17, 15) is 0 Å². The summed E-state index contributed by atoms with van der Waals surface area (Å²) in [6.45, 7) is 5.98. The highest BCUT2D eigenvalue weighted by Crippen LogP contribution is 2.20. The maximum atomic E-state index is 5.71. The quantitative estimate of drug-likeness (QED) is 0.821. The second-order valence-corrected chi connectivity index (χ2v) is 5.28. The van der Waals surface area contributed by atoms with Gasteiger partial charge in [0, 0.05) is 31.9 Å². The molecule has 1 fully saturated rings. The minimum absolute atomic E-state index is 0.475. The van der Waals surface area contributed by atoms with E-state index in [2.05, 4.69) is 36.1 Å². The molecule has 19 heavy (non-hydrogen) atoms. The van der Waals surface area contributed by atoms with Crippen molar-refractivity contribution in [3.8, 4) is 0 Å².